The number of pyridine rings is 2. The van der Waals surface area contributed by atoms with Crippen LogP contribution in [-0.4, -0.2) is 52.2 Å². The Morgan fingerprint density at radius 1 is 1.20 bits per heavy atom. The van der Waals surface area contributed by atoms with Crippen LogP contribution >= 0.6 is 0 Å². The van der Waals surface area contributed by atoms with Crippen molar-refractivity contribution in [2.45, 2.75) is 79.5 Å². The third-order valence-corrected chi connectivity index (χ3v) is 7.48. The van der Waals surface area contributed by atoms with Gasteiger partial charge in [0, 0.05) is 66.1 Å². The van der Waals surface area contributed by atoms with Gasteiger partial charge in [0.15, 0.2) is 0 Å². The van der Waals surface area contributed by atoms with Gasteiger partial charge < -0.3 is 24.8 Å². The number of rotatable bonds is 7. The van der Waals surface area contributed by atoms with E-state index in [0.717, 1.165) is 64.1 Å². The number of carbonyl (C=O) groups is 1. The number of ether oxygens (including phenoxy) is 1. The molecule has 1 aliphatic heterocycles. The topological polar surface area (TPSA) is 90.6 Å². The van der Waals surface area contributed by atoms with Gasteiger partial charge in [-0.2, -0.15) is 0 Å². The first-order valence-corrected chi connectivity index (χ1v) is 14.1. The summed E-state index contributed by atoms with van der Waals surface area (Å²) in [6.07, 6.45) is 3.29. The molecule has 0 bridgehead atoms. The molecule has 3 aromatic rings. The number of benzene rings is 1. The standard InChI is InChI=1S/C32H43N5O3/c1-9-37(24-11-14-36(15-12-24)31(39)40-32(6,7)8)28-18-23(20(2)3)17-26-25(28)10-13-33-29(26)34-19-27-21(4)16-22(5)35-30(27)38/h10,13,16-18,24H,2,9,11-12,14-15,19H2,1,3-8H3,(H,33,34)(H,35,38). The lowest BCUT2D eigenvalue weighted by Crippen LogP contribution is -2.48. The van der Waals surface area contributed by atoms with E-state index in [9.17, 15) is 9.59 Å². The van der Waals surface area contributed by atoms with Crippen LogP contribution in [-0.2, 0) is 11.3 Å². The second-order valence-corrected chi connectivity index (χ2v) is 11.8. The third kappa shape index (κ3) is 6.49. The minimum atomic E-state index is -0.503. The Bertz CT molecular complexity index is 1460. The van der Waals surface area contributed by atoms with Crippen LogP contribution in [0.3, 0.4) is 0 Å². The molecule has 1 saturated heterocycles. The lowest BCUT2D eigenvalue weighted by molar-refractivity contribution is 0.0205. The molecule has 8 nitrogen and oxygen atoms in total. The number of amides is 1. The molecule has 1 aliphatic rings. The average Bonchev–Trinajstić information content (AvgIpc) is 2.87. The number of nitrogens with one attached hydrogen (secondary N) is 2. The van der Waals surface area contributed by atoms with Crippen molar-refractivity contribution < 1.29 is 9.53 Å². The molecule has 0 atom stereocenters. The number of aromatic amines is 1. The quantitative estimate of drug-likeness (QED) is 0.357. The fourth-order valence-corrected chi connectivity index (χ4v) is 5.47. The van der Waals surface area contributed by atoms with E-state index >= 15 is 0 Å². The van der Waals surface area contributed by atoms with Crippen LogP contribution in [0.1, 0.15) is 69.8 Å². The zero-order chi connectivity index (χ0) is 29.2. The number of hydrogen-bond donors (Lipinski definition) is 2. The summed E-state index contributed by atoms with van der Waals surface area (Å²) >= 11 is 0. The third-order valence-electron chi connectivity index (χ3n) is 7.48. The monoisotopic (exact) mass is 545 g/mol. The zero-order valence-electron chi connectivity index (χ0n) is 25.0. The SMILES string of the molecule is C=C(C)c1cc(N(CC)C2CCN(C(=O)OC(C)(C)C)CC2)c2ccnc(NCc3c(C)cc(C)[nH]c3=O)c2c1. The first kappa shape index (κ1) is 29.2. The van der Waals surface area contributed by atoms with Crippen LogP contribution in [0.2, 0.25) is 0 Å². The van der Waals surface area contributed by atoms with E-state index in [1.165, 1.54) is 0 Å². The molecule has 0 saturated carbocycles. The summed E-state index contributed by atoms with van der Waals surface area (Å²) in [5.41, 5.74) is 5.07. The molecule has 40 heavy (non-hydrogen) atoms. The summed E-state index contributed by atoms with van der Waals surface area (Å²) in [4.78, 5) is 37.1. The molecule has 1 amide bonds. The van der Waals surface area contributed by atoms with E-state index in [4.69, 9.17) is 4.74 Å². The van der Waals surface area contributed by atoms with Crippen LogP contribution in [0, 0.1) is 13.8 Å². The summed E-state index contributed by atoms with van der Waals surface area (Å²) in [5, 5.41) is 5.52. The van der Waals surface area contributed by atoms with Gasteiger partial charge in [0.05, 0.1) is 0 Å². The number of piperidine rings is 1. The molecular weight excluding hydrogens is 502 g/mol. The Hall–Kier alpha value is -3.81. The summed E-state index contributed by atoms with van der Waals surface area (Å²) in [6.45, 7) is 20.5. The highest BCUT2D eigenvalue weighted by molar-refractivity contribution is 6.02. The summed E-state index contributed by atoms with van der Waals surface area (Å²) in [7, 11) is 0. The number of likely N-dealkylation sites (tertiary alicyclic amines) is 1. The number of nitrogens with zero attached hydrogens (tertiary/aromatic N) is 3. The van der Waals surface area contributed by atoms with E-state index in [1.54, 1.807) is 0 Å². The summed E-state index contributed by atoms with van der Waals surface area (Å²) in [6, 6.07) is 8.67. The van der Waals surface area contributed by atoms with Crippen molar-refractivity contribution >= 4 is 33.9 Å². The average molecular weight is 546 g/mol. The van der Waals surface area contributed by atoms with Gasteiger partial charge in [-0.05, 0) is 96.7 Å². The number of aromatic nitrogens is 2. The van der Waals surface area contributed by atoms with Gasteiger partial charge in [0.25, 0.3) is 5.56 Å². The Labute approximate surface area is 237 Å². The van der Waals surface area contributed by atoms with E-state index in [2.05, 4.69) is 51.9 Å². The molecule has 1 aromatic carbocycles. The van der Waals surface area contributed by atoms with E-state index in [-0.39, 0.29) is 17.7 Å². The predicted molar refractivity (Wildman–Crippen MR) is 164 cm³/mol. The maximum atomic E-state index is 12.6. The van der Waals surface area contributed by atoms with E-state index in [0.29, 0.717) is 25.2 Å². The van der Waals surface area contributed by atoms with Gasteiger partial charge in [-0.3, -0.25) is 4.79 Å². The Balaban J connectivity index is 1.64. The first-order valence-electron chi connectivity index (χ1n) is 14.1. The zero-order valence-corrected chi connectivity index (χ0v) is 25.0. The van der Waals surface area contributed by atoms with E-state index < -0.39 is 5.60 Å². The number of hydrogen-bond acceptors (Lipinski definition) is 6. The van der Waals surface area contributed by atoms with Gasteiger partial charge in [-0.15, -0.1) is 0 Å². The van der Waals surface area contributed by atoms with E-state index in [1.807, 2.05) is 58.7 Å². The molecule has 214 valence electrons. The Kier molecular flexibility index (Phi) is 8.57. The maximum absolute atomic E-state index is 12.6. The number of allylic oxidation sites excluding steroid dienone is 1. The van der Waals surface area contributed by atoms with Crippen molar-refractivity contribution in [3.8, 4) is 0 Å². The van der Waals surface area contributed by atoms with Crippen molar-refractivity contribution in [2.24, 2.45) is 0 Å². The van der Waals surface area contributed by atoms with Crippen molar-refractivity contribution in [1.29, 1.82) is 0 Å². The predicted octanol–water partition coefficient (Wildman–Crippen LogP) is 6.41. The Morgan fingerprint density at radius 2 is 1.90 bits per heavy atom. The Morgan fingerprint density at radius 3 is 2.50 bits per heavy atom. The van der Waals surface area contributed by atoms with Gasteiger partial charge in [-0.1, -0.05) is 12.2 Å². The van der Waals surface area contributed by atoms with Gasteiger partial charge in [0.2, 0.25) is 0 Å². The molecule has 8 heteroatoms. The second-order valence-electron chi connectivity index (χ2n) is 11.8. The molecule has 0 aliphatic carbocycles. The molecule has 3 heterocycles. The van der Waals surface area contributed by atoms with Gasteiger partial charge in [0.1, 0.15) is 11.4 Å². The molecule has 2 N–H and O–H groups in total. The van der Waals surface area contributed by atoms with Crippen LogP contribution in [0.5, 0.6) is 0 Å². The molecular formula is C32H43N5O3. The number of aryl methyl sites for hydroxylation is 2. The molecule has 1 fully saturated rings. The van der Waals surface area contributed by atoms with Gasteiger partial charge in [-0.25, -0.2) is 9.78 Å². The second kappa shape index (κ2) is 11.7. The lowest BCUT2D eigenvalue weighted by Gasteiger charge is -2.40. The minimum Gasteiger partial charge on any atom is -0.444 e. The van der Waals surface area contributed by atoms with Crippen LogP contribution < -0.4 is 15.8 Å². The number of H-pyrrole nitrogens is 1. The van der Waals surface area contributed by atoms with Crippen LogP contribution in [0.4, 0.5) is 16.3 Å². The summed E-state index contributed by atoms with van der Waals surface area (Å²) < 4.78 is 5.60. The minimum absolute atomic E-state index is 0.0802. The molecule has 4 rings (SSSR count). The normalized spacial score (nSPS) is 14.3. The molecule has 0 spiro atoms. The van der Waals surface area contributed by atoms with Crippen molar-refractivity contribution in [3.05, 3.63) is 69.8 Å². The number of carbonyl (C=O) groups excluding carboxylic acids is 1. The first-order chi connectivity index (χ1) is 18.9. The summed E-state index contributed by atoms with van der Waals surface area (Å²) in [5.74, 6) is 0.733. The van der Waals surface area contributed by atoms with Crippen LogP contribution in [0.25, 0.3) is 16.3 Å². The largest absolute Gasteiger partial charge is 0.444 e. The number of anilines is 2. The van der Waals surface area contributed by atoms with Crippen molar-refractivity contribution in [1.82, 2.24) is 14.9 Å². The fraction of sp³-hybridized carbons (Fsp3) is 0.469. The van der Waals surface area contributed by atoms with Crippen molar-refractivity contribution in [3.63, 3.8) is 0 Å². The smallest absolute Gasteiger partial charge is 0.410 e. The molecule has 0 unspecified atom stereocenters. The maximum Gasteiger partial charge on any atom is 0.410 e. The highest BCUT2D eigenvalue weighted by Gasteiger charge is 2.30. The molecule has 2 aromatic heterocycles. The van der Waals surface area contributed by atoms with Crippen LogP contribution in [0.15, 0.2) is 41.8 Å². The highest BCUT2D eigenvalue weighted by Crippen LogP contribution is 2.36. The van der Waals surface area contributed by atoms with Crippen molar-refractivity contribution in [2.75, 3.05) is 29.9 Å². The molecule has 0 radical (unpaired) electrons. The number of fused-ring (bicyclic) bond motifs is 1. The van der Waals surface area contributed by atoms with Gasteiger partial charge >= 0.3 is 6.09 Å². The fourth-order valence-electron chi connectivity index (χ4n) is 5.47. The lowest BCUT2D eigenvalue weighted by atomic mass is 9.97. The highest BCUT2D eigenvalue weighted by atomic mass is 16.6.